The van der Waals surface area contributed by atoms with Crippen molar-refractivity contribution in [3.8, 4) is 0 Å². The van der Waals surface area contributed by atoms with Crippen molar-refractivity contribution in [2.24, 2.45) is 5.73 Å². The van der Waals surface area contributed by atoms with Gasteiger partial charge in [0.15, 0.2) is 0 Å². The Balaban J connectivity index is 2.68. The molecule has 14 heavy (non-hydrogen) atoms. The molecule has 76 valence electrons. The standard InChI is InChI=1S/C9H12N2O3/c10-8(6-12)5-7-1-3-9(4-2-7)11(13)14/h1-4,8,12H,5-6,10H2. The van der Waals surface area contributed by atoms with Crippen LogP contribution in [0.4, 0.5) is 5.69 Å². The number of benzene rings is 1. The molecule has 0 aliphatic rings. The van der Waals surface area contributed by atoms with Crippen molar-refractivity contribution in [1.29, 1.82) is 0 Å². The van der Waals surface area contributed by atoms with E-state index < -0.39 is 4.92 Å². The summed E-state index contributed by atoms with van der Waals surface area (Å²) in [6.07, 6.45) is 0.522. The van der Waals surface area contributed by atoms with Crippen molar-refractivity contribution in [3.05, 3.63) is 39.9 Å². The minimum atomic E-state index is -0.449. The summed E-state index contributed by atoms with van der Waals surface area (Å²) in [6, 6.07) is 5.84. The first-order valence-corrected chi connectivity index (χ1v) is 4.23. The van der Waals surface area contributed by atoms with Crippen LogP contribution in [0.25, 0.3) is 0 Å². The highest BCUT2D eigenvalue weighted by Crippen LogP contribution is 2.12. The Morgan fingerprint density at radius 3 is 2.43 bits per heavy atom. The Hall–Kier alpha value is -1.46. The molecule has 3 N–H and O–H groups in total. The molecule has 0 amide bonds. The number of aliphatic hydroxyl groups excluding tert-OH is 1. The number of hydrogen-bond donors (Lipinski definition) is 2. The monoisotopic (exact) mass is 196 g/mol. The molecule has 0 saturated carbocycles. The van der Waals surface area contributed by atoms with Gasteiger partial charge in [0.1, 0.15) is 0 Å². The molecule has 0 aliphatic heterocycles. The molecule has 0 saturated heterocycles. The second-order valence-corrected chi connectivity index (χ2v) is 3.07. The molecule has 1 unspecified atom stereocenters. The zero-order valence-corrected chi connectivity index (χ0v) is 7.59. The van der Waals surface area contributed by atoms with Crippen LogP contribution in [0.3, 0.4) is 0 Å². The molecule has 0 radical (unpaired) electrons. The Kier molecular flexibility index (Phi) is 3.55. The lowest BCUT2D eigenvalue weighted by Gasteiger charge is -2.06. The van der Waals surface area contributed by atoms with E-state index >= 15 is 0 Å². The lowest BCUT2D eigenvalue weighted by molar-refractivity contribution is -0.384. The lowest BCUT2D eigenvalue weighted by atomic mass is 10.1. The van der Waals surface area contributed by atoms with Gasteiger partial charge in [-0.05, 0) is 12.0 Å². The Labute approximate surface area is 81.3 Å². The maximum absolute atomic E-state index is 10.3. The van der Waals surface area contributed by atoms with Gasteiger partial charge >= 0.3 is 0 Å². The van der Waals surface area contributed by atoms with Crippen LogP contribution in [-0.2, 0) is 6.42 Å². The fourth-order valence-corrected chi connectivity index (χ4v) is 1.12. The Bertz CT molecular complexity index is 310. The molecule has 1 aromatic rings. The Morgan fingerprint density at radius 2 is 2.00 bits per heavy atom. The van der Waals surface area contributed by atoms with Crippen molar-refractivity contribution in [3.63, 3.8) is 0 Å². The third-order valence-electron chi connectivity index (χ3n) is 1.88. The first kappa shape index (κ1) is 10.6. The SMILES string of the molecule is NC(CO)Cc1ccc([N+](=O)[O-])cc1. The predicted octanol–water partition coefficient (Wildman–Crippen LogP) is 0.457. The van der Waals surface area contributed by atoms with Crippen LogP contribution in [0.1, 0.15) is 5.56 Å². The van der Waals surface area contributed by atoms with Gasteiger partial charge < -0.3 is 10.8 Å². The minimum Gasteiger partial charge on any atom is -0.395 e. The number of nitrogens with zero attached hydrogens (tertiary/aromatic N) is 1. The van der Waals surface area contributed by atoms with Gasteiger partial charge in [-0.2, -0.15) is 0 Å². The predicted molar refractivity (Wildman–Crippen MR) is 51.9 cm³/mol. The highest BCUT2D eigenvalue weighted by molar-refractivity contribution is 5.33. The van der Waals surface area contributed by atoms with Gasteiger partial charge in [0.2, 0.25) is 0 Å². The smallest absolute Gasteiger partial charge is 0.269 e. The second-order valence-electron chi connectivity index (χ2n) is 3.07. The molecule has 1 aromatic carbocycles. The van der Waals surface area contributed by atoms with E-state index in [0.29, 0.717) is 6.42 Å². The van der Waals surface area contributed by atoms with Gasteiger partial charge in [0, 0.05) is 18.2 Å². The maximum Gasteiger partial charge on any atom is 0.269 e. The summed E-state index contributed by atoms with van der Waals surface area (Å²) in [5.74, 6) is 0. The number of nitro benzene ring substituents is 1. The number of non-ortho nitro benzene ring substituents is 1. The van der Waals surface area contributed by atoms with Crippen LogP contribution in [0, 0.1) is 10.1 Å². The number of rotatable bonds is 4. The van der Waals surface area contributed by atoms with E-state index in [1.54, 1.807) is 12.1 Å². The topological polar surface area (TPSA) is 89.4 Å². The summed E-state index contributed by atoms with van der Waals surface area (Å²) in [6.45, 7) is -0.0863. The van der Waals surface area contributed by atoms with E-state index in [9.17, 15) is 10.1 Å². The molecular weight excluding hydrogens is 184 g/mol. The first-order chi connectivity index (χ1) is 6.63. The quantitative estimate of drug-likeness (QED) is 0.540. The van der Waals surface area contributed by atoms with Crippen molar-refractivity contribution in [2.75, 3.05) is 6.61 Å². The zero-order chi connectivity index (χ0) is 10.6. The third kappa shape index (κ3) is 2.79. The van der Waals surface area contributed by atoms with E-state index in [1.165, 1.54) is 12.1 Å². The minimum absolute atomic E-state index is 0.0614. The molecule has 0 aliphatic carbocycles. The van der Waals surface area contributed by atoms with Gasteiger partial charge in [-0.15, -0.1) is 0 Å². The number of nitrogens with two attached hydrogens (primary N) is 1. The molecule has 1 rings (SSSR count). The molecule has 0 bridgehead atoms. The van der Waals surface area contributed by atoms with E-state index in [0.717, 1.165) is 5.56 Å². The number of hydrogen-bond acceptors (Lipinski definition) is 4. The molecular formula is C9H12N2O3. The maximum atomic E-state index is 10.3. The number of nitro groups is 1. The van der Waals surface area contributed by atoms with Crippen LogP contribution < -0.4 is 5.73 Å². The fraction of sp³-hybridized carbons (Fsp3) is 0.333. The normalized spacial score (nSPS) is 12.4. The van der Waals surface area contributed by atoms with E-state index in [1.807, 2.05) is 0 Å². The van der Waals surface area contributed by atoms with Crippen molar-refractivity contribution >= 4 is 5.69 Å². The highest BCUT2D eigenvalue weighted by atomic mass is 16.6. The summed E-state index contributed by atoms with van der Waals surface area (Å²) in [4.78, 5) is 9.88. The van der Waals surface area contributed by atoms with Crippen molar-refractivity contribution < 1.29 is 10.0 Å². The lowest BCUT2D eigenvalue weighted by Crippen LogP contribution is -2.26. The van der Waals surface area contributed by atoms with Gasteiger partial charge in [-0.1, -0.05) is 12.1 Å². The van der Waals surface area contributed by atoms with Crippen molar-refractivity contribution in [1.82, 2.24) is 0 Å². The van der Waals surface area contributed by atoms with Crippen molar-refractivity contribution in [2.45, 2.75) is 12.5 Å². The summed E-state index contributed by atoms with van der Waals surface area (Å²) in [5, 5.41) is 19.0. The van der Waals surface area contributed by atoms with E-state index in [-0.39, 0.29) is 18.3 Å². The van der Waals surface area contributed by atoms with Crippen LogP contribution in [-0.4, -0.2) is 22.7 Å². The van der Waals surface area contributed by atoms with E-state index in [4.69, 9.17) is 10.8 Å². The van der Waals surface area contributed by atoms with Crippen LogP contribution in [0.15, 0.2) is 24.3 Å². The Morgan fingerprint density at radius 1 is 1.43 bits per heavy atom. The summed E-state index contributed by atoms with van der Waals surface area (Å²) in [7, 11) is 0. The van der Waals surface area contributed by atoms with Crippen LogP contribution in [0.2, 0.25) is 0 Å². The van der Waals surface area contributed by atoms with Gasteiger partial charge in [0.25, 0.3) is 5.69 Å². The molecule has 0 heterocycles. The van der Waals surface area contributed by atoms with Gasteiger partial charge in [-0.25, -0.2) is 0 Å². The second kappa shape index (κ2) is 4.69. The largest absolute Gasteiger partial charge is 0.395 e. The zero-order valence-electron chi connectivity index (χ0n) is 7.59. The van der Waals surface area contributed by atoms with Gasteiger partial charge in [-0.3, -0.25) is 10.1 Å². The summed E-state index contributed by atoms with van der Waals surface area (Å²) in [5.41, 5.74) is 6.47. The number of aliphatic hydroxyl groups is 1. The third-order valence-corrected chi connectivity index (χ3v) is 1.88. The van der Waals surface area contributed by atoms with Gasteiger partial charge in [0.05, 0.1) is 11.5 Å². The molecule has 5 nitrogen and oxygen atoms in total. The summed E-state index contributed by atoms with van der Waals surface area (Å²) >= 11 is 0. The molecule has 1 atom stereocenters. The summed E-state index contributed by atoms with van der Waals surface area (Å²) < 4.78 is 0. The van der Waals surface area contributed by atoms with Crippen LogP contribution >= 0.6 is 0 Å². The average Bonchev–Trinajstić information content (AvgIpc) is 2.18. The van der Waals surface area contributed by atoms with Crippen LogP contribution in [0.5, 0.6) is 0 Å². The molecule has 5 heteroatoms. The first-order valence-electron chi connectivity index (χ1n) is 4.23. The molecule has 0 spiro atoms. The molecule has 0 aromatic heterocycles. The average molecular weight is 196 g/mol. The highest BCUT2D eigenvalue weighted by Gasteiger charge is 2.06. The molecule has 0 fully saturated rings. The fourth-order valence-electron chi connectivity index (χ4n) is 1.12. The van der Waals surface area contributed by atoms with E-state index in [2.05, 4.69) is 0 Å².